The molecule has 0 aliphatic carbocycles. The molecular weight excluding hydrogens is 324 g/mol. The summed E-state index contributed by atoms with van der Waals surface area (Å²) in [5.41, 5.74) is 7.86. The summed E-state index contributed by atoms with van der Waals surface area (Å²) in [6.07, 6.45) is 2.32. The number of hydrogen-bond donors (Lipinski definition) is 3. The Morgan fingerprint density at radius 3 is 3.25 bits per heavy atom. The van der Waals surface area contributed by atoms with E-state index in [9.17, 15) is 4.79 Å². The largest absolute Gasteiger partial charge is 0.375 e. The monoisotopic (exact) mass is 344 g/mol. The van der Waals surface area contributed by atoms with E-state index in [0.29, 0.717) is 23.4 Å². The van der Waals surface area contributed by atoms with Crippen molar-refractivity contribution >= 4 is 43.5 Å². The molecule has 4 N–H and O–H groups in total. The maximum atomic E-state index is 12.7. The van der Waals surface area contributed by atoms with E-state index < -0.39 is 0 Å². The van der Waals surface area contributed by atoms with Crippen molar-refractivity contribution in [3.63, 3.8) is 0 Å². The van der Waals surface area contributed by atoms with Gasteiger partial charge in [0.05, 0.1) is 21.1 Å². The minimum atomic E-state index is -0.149. The average Bonchev–Trinajstić information content (AvgIpc) is 3.28. The summed E-state index contributed by atoms with van der Waals surface area (Å²) >= 11 is 1.38. The number of likely N-dealkylation sites (tertiary alicyclic amines) is 1. The number of anilines is 1. The predicted molar refractivity (Wildman–Crippen MR) is 96.3 cm³/mol. The predicted octanol–water partition coefficient (Wildman–Crippen LogP) is 1.97. The number of amides is 1. The molecule has 1 atom stereocenters. The van der Waals surface area contributed by atoms with Gasteiger partial charge in [0.25, 0.3) is 5.91 Å². The fraction of sp³-hybridized carbons (Fsp3) is 0.438. The number of carbonyl (C=O) groups is 1. The van der Waals surface area contributed by atoms with Gasteiger partial charge in [-0.25, -0.2) is 4.98 Å². The van der Waals surface area contributed by atoms with E-state index in [1.54, 1.807) is 0 Å². The second-order valence-electron chi connectivity index (χ2n) is 6.10. The van der Waals surface area contributed by atoms with Crippen molar-refractivity contribution < 1.29 is 4.79 Å². The zero-order valence-corrected chi connectivity index (χ0v) is 14.3. The second-order valence-corrected chi connectivity index (χ2v) is 7.13. The summed E-state index contributed by atoms with van der Waals surface area (Å²) in [7, 11) is 0. The lowest BCUT2D eigenvalue weighted by atomic mass is 10.1. The van der Waals surface area contributed by atoms with Crippen molar-refractivity contribution in [3.05, 3.63) is 17.8 Å². The fourth-order valence-corrected chi connectivity index (χ4v) is 4.39. The lowest BCUT2D eigenvalue weighted by molar-refractivity contribution is 0.0938. The molecule has 3 aromatic rings. The first kappa shape index (κ1) is 15.3. The van der Waals surface area contributed by atoms with E-state index in [-0.39, 0.29) is 5.91 Å². The van der Waals surface area contributed by atoms with Crippen LogP contribution in [0.1, 0.15) is 30.3 Å². The second kappa shape index (κ2) is 6.03. The summed E-state index contributed by atoms with van der Waals surface area (Å²) in [5, 5.41) is 11.5. The molecule has 3 heterocycles. The van der Waals surface area contributed by atoms with Crippen LogP contribution in [0.5, 0.6) is 0 Å². The topological polar surface area (TPSA) is 99.9 Å². The molecular formula is C16H20N6OS. The Hall–Kier alpha value is -2.19. The highest BCUT2D eigenvalue weighted by molar-refractivity contribution is 7.23. The Bertz CT molecular complexity index is 901. The molecule has 24 heavy (non-hydrogen) atoms. The van der Waals surface area contributed by atoms with Gasteiger partial charge in [-0.3, -0.25) is 14.8 Å². The van der Waals surface area contributed by atoms with E-state index in [1.165, 1.54) is 17.8 Å². The highest BCUT2D eigenvalue weighted by Gasteiger charge is 2.24. The van der Waals surface area contributed by atoms with Gasteiger partial charge in [-0.2, -0.15) is 5.10 Å². The number of nitrogen functional groups attached to an aromatic ring is 1. The Morgan fingerprint density at radius 2 is 2.42 bits per heavy atom. The number of carbonyl (C=O) groups excluding carboxylic acids is 1. The lowest BCUT2D eigenvalue weighted by Crippen LogP contribution is -2.40. The van der Waals surface area contributed by atoms with Gasteiger partial charge >= 0.3 is 0 Å². The number of nitrogens with two attached hydrogens (primary N) is 1. The van der Waals surface area contributed by atoms with Crippen LogP contribution in [0.15, 0.2) is 12.1 Å². The molecule has 0 radical (unpaired) electrons. The van der Waals surface area contributed by atoms with E-state index in [2.05, 4.69) is 32.3 Å². The SMILES string of the molecule is CCN1CCCC1CNC(=O)c1n[nH]c2ccc3nc(N)sc3c12. The number of aromatic nitrogens is 3. The summed E-state index contributed by atoms with van der Waals surface area (Å²) in [6.45, 7) is 4.95. The molecule has 0 saturated carbocycles. The quantitative estimate of drug-likeness (QED) is 0.672. The van der Waals surface area contributed by atoms with Gasteiger partial charge in [-0.15, -0.1) is 0 Å². The fourth-order valence-electron chi connectivity index (χ4n) is 3.51. The van der Waals surface area contributed by atoms with Crippen molar-refractivity contribution in [1.29, 1.82) is 0 Å². The molecule has 1 saturated heterocycles. The minimum Gasteiger partial charge on any atom is -0.375 e. The number of likely N-dealkylation sites (N-methyl/N-ethyl adjacent to an activating group) is 1. The van der Waals surface area contributed by atoms with Crippen molar-refractivity contribution in [2.24, 2.45) is 0 Å². The van der Waals surface area contributed by atoms with Crippen LogP contribution >= 0.6 is 11.3 Å². The number of nitrogens with zero attached hydrogens (tertiary/aromatic N) is 3. The van der Waals surface area contributed by atoms with Gasteiger partial charge in [0, 0.05) is 12.6 Å². The first-order valence-corrected chi connectivity index (χ1v) is 9.04. The standard InChI is InChI=1S/C16H20N6OS/c1-2-22-7-3-4-9(22)8-18-15(23)13-12-10(20-21-13)5-6-11-14(12)24-16(17)19-11/h5-6,9H,2-4,7-8H2,1H3,(H2,17,19)(H,18,23)(H,20,21). The molecule has 4 rings (SSSR count). The maximum absolute atomic E-state index is 12.7. The number of hydrogen-bond acceptors (Lipinski definition) is 6. The average molecular weight is 344 g/mol. The summed E-state index contributed by atoms with van der Waals surface area (Å²) in [6, 6.07) is 4.20. The van der Waals surface area contributed by atoms with Crippen LogP contribution in [0.4, 0.5) is 5.13 Å². The van der Waals surface area contributed by atoms with Crippen molar-refractivity contribution in [3.8, 4) is 0 Å². The van der Waals surface area contributed by atoms with Crippen molar-refractivity contribution in [1.82, 2.24) is 25.4 Å². The van der Waals surface area contributed by atoms with Crippen LogP contribution in [0.3, 0.4) is 0 Å². The number of nitrogens with one attached hydrogen (secondary N) is 2. The molecule has 1 aliphatic rings. The third-order valence-corrected chi connectivity index (χ3v) is 5.64. The maximum Gasteiger partial charge on any atom is 0.272 e. The zero-order valence-electron chi connectivity index (χ0n) is 13.5. The molecule has 0 spiro atoms. The van der Waals surface area contributed by atoms with Crippen molar-refractivity contribution in [2.45, 2.75) is 25.8 Å². The molecule has 1 amide bonds. The van der Waals surface area contributed by atoms with Crippen LogP contribution in [-0.2, 0) is 0 Å². The van der Waals surface area contributed by atoms with Gasteiger partial charge in [-0.1, -0.05) is 18.3 Å². The molecule has 2 aromatic heterocycles. The van der Waals surface area contributed by atoms with E-state index in [4.69, 9.17) is 5.73 Å². The molecule has 126 valence electrons. The van der Waals surface area contributed by atoms with E-state index in [1.807, 2.05) is 12.1 Å². The molecule has 8 heteroatoms. The summed E-state index contributed by atoms with van der Waals surface area (Å²) < 4.78 is 0.903. The van der Waals surface area contributed by atoms with Crippen molar-refractivity contribution in [2.75, 3.05) is 25.4 Å². The number of fused-ring (bicyclic) bond motifs is 3. The van der Waals surface area contributed by atoms with Gasteiger partial charge in [-0.05, 0) is 38.1 Å². The highest BCUT2D eigenvalue weighted by atomic mass is 32.1. The van der Waals surface area contributed by atoms with Crippen LogP contribution in [0.25, 0.3) is 21.1 Å². The Balaban J connectivity index is 1.61. The molecule has 1 aliphatic heterocycles. The molecule has 7 nitrogen and oxygen atoms in total. The smallest absolute Gasteiger partial charge is 0.272 e. The Kier molecular flexibility index (Phi) is 3.85. The first-order chi connectivity index (χ1) is 11.7. The number of H-pyrrole nitrogens is 1. The van der Waals surface area contributed by atoms with Crippen LogP contribution in [0.2, 0.25) is 0 Å². The number of thiazole rings is 1. The number of benzene rings is 1. The lowest BCUT2D eigenvalue weighted by Gasteiger charge is -2.22. The van der Waals surface area contributed by atoms with E-state index >= 15 is 0 Å². The third kappa shape index (κ3) is 2.51. The highest BCUT2D eigenvalue weighted by Crippen LogP contribution is 2.32. The number of aromatic amines is 1. The van der Waals surface area contributed by atoms with E-state index in [0.717, 1.165) is 40.6 Å². The van der Waals surface area contributed by atoms with Crippen LogP contribution in [-0.4, -0.2) is 51.7 Å². The summed E-state index contributed by atoms with van der Waals surface area (Å²) in [5.74, 6) is -0.149. The summed E-state index contributed by atoms with van der Waals surface area (Å²) in [4.78, 5) is 19.4. The molecule has 1 unspecified atom stereocenters. The Morgan fingerprint density at radius 1 is 1.54 bits per heavy atom. The molecule has 0 bridgehead atoms. The van der Waals surface area contributed by atoms with Crippen LogP contribution < -0.4 is 11.1 Å². The molecule has 1 aromatic carbocycles. The van der Waals surface area contributed by atoms with Crippen LogP contribution in [0, 0.1) is 0 Å². The van der Waals surface area contributed by atoms with Gasteiger partial charge in [0.1, 0.15) is 0 Å². The van der Waals surface area contributed by atoms with Gasteiger partial charge in [0.2, 0.25) is 0 Å². The van der Waals surface area contributed by atoms with Gasteiger partial charge in [0.15, 0.2) is 10.8 Å². The van der Waals surface area contributed by atoms with Gasteiger partial charge < -0.3 is 11.1 Å². The third-order valence-electron chi connectivity index (χ3n) is 4.72. The molecule has 1 fully saturated rings. The Labute approximate surface area is 143 Å². The first-order valence-electron chi connectivity index (χ1n) is 8.22. The number of rotatable bonds is 4. The zero-order chi connectivity index (χ0) is 16.7. The minimum absolute atomic E-state index is 0.149. The normalized spacial score (nSPS) is 18.6.